The Bertz CT molecular complexity index is 359. The zero-order valence-electron chi connectivity index (χ0n) is 10.7. The lowest BCUT2D eigenvalue weighted by molar-refractivity contribution is 0.193. The summed E-state index contributed by atoms with van der Waals surface area (Å²) >= 11 is 6.03. The van der Waals surface area contributed by atoms with Gasteiger partial charge in [-0.3, -0.25) is 4.90 Å². The predicted molar refractivity (Wildman–Crippen MR) is 75.0 cm³/mol. The summed E-state index contributed by atoms with van der Waals surface area (Å²) in [6.07, 6.45) is 1.23. The molecule has 1 atom stereocenters. The Morgan fingerprint density at radius 2 is 1.94 bits per heavy atom. The molecule has 94 valence electrons. The van der Waals surface area contributed by atoms with E-state index in [-0.39, 0.29) is 0 Å². The van der Waals surface area contributed by atoms with E-state index in [4.69, 9.17) is 11.6 Å². The van der Waals surface area contributed by atoms with Crippen LogP contribution in [0.3, 0.4) is 0 Å². The summed E-state index contributed by atoms with van der Waals surface area (Å²) in [6.45, 7) is 9.08. The SMILES string of the molecule is CC[C@H](C)N1CCN(c2cccc(Cl)c2)CC1. The fourth-order valence-electron chi connectivity index (χ4n) is 2.35. The number of benzene rings is 1. The highest BCUT2D eigenvalue weighted by Gasteiger charge is 2.20. The van der Waals surface area contributed by atoms with Crippen LogP contribution >= 0.6 is 11.6 Å². The van der Waals surface area contributed by atoms with Crippen molar-refractivity contribution >= 4 is 17.3 Å². The van der Waals surface area contributed by atoms with E-state index in [1.165, 1.54) is 12.1 Å². The normalized spacial score (nSPS) is 19.4. The summed E-state index contributed by atoms with van der Waals surface area (Å²) < 4.78 is 0. The molecule has 17 heavy (non-hydrogen) atoms. The van der Waals surface area contributed by atoms with Gasteiger partial charge in [-0.25, -0.2) is 0 Å². The Morgan fingerprint density at radius 1 is 1.24 bits per heavy atom. The summed E-state index contributed by atoms with van der Waals surface area (Å²) in [5.41, 5.74) is 1.25. The van der Waals surface area contributed by atoms with E-state index in [1.54, 1.807) is 0 Å². The summed E-state index contributed by atoms with van der Waals surface area (Å²) in [4.78, 5) is 4.99. The summed E-state index contributed by atoms with van der Waals surface area (Å²) in [5, 5.41) is 0.826. The van der Waals surface area contributed by atoms with Gasteiger partial charge < -0.3 is 4.90 Å². The molecule has 1 saturated heterocycles. The molecular formula is C14H21ClN2. The predicted octanol–water partition coefficient (Wildman–Crippen LogP) is 3.26. The summed E-state index contributed by atoms with van der Waals surface area (Å²) in [5.74, 6) is 0. The molecule has 0 unspecified atom stereocenters. The molecule has 0 bridgehead atoms. The van der Waals surface area contributed by atoms with Crippen LogP contribution in [-0.2, 0) is 0 Å². The van der Waals surface area contributed by atoms with Gasteiger partial charge in [0.05, 0.1) is 0 Å². The van der Waals surface area contributed by atoms with Crippen molar-refractivity contribution < 1.29 is 0 Å². The summed E-state index contributed by atoms with van der Waals surface area (Å²) in [7, 11) is 0. The van der Waals surface area contributed by atoms with E-state index in [1.807, 2.05) is 12.1 Å². The lowest BCUT2D eigenvalue weighted by Crippen LogP contribution is -2.49. The number of hydrogen-bond donors (Lipinski definition) is 0. The average Bonchev–Trinajstić information content (AvgIpc) is 2.38. The van der Waals surface area contributed by atoms with Crippen molar-refractivity contribution in [2.75, 3.05) is 31.1 Å². The fourth-order valence-corrected chi connectivity index (χ4v) is 2.54. The van der Waals surface area contributed by atoms with Crippen LogP contribution in [0.5, 0.6) is 0 Å². The first kappa shape index (κ1) is 12.7. The third-order valence-electron chi connectivity index (χ3n) is 3.70. The van der Waals surface area contributed by atoms with Gasteiger partial charge >= 0.3 is 0 Å². The largest absolute Gasteiger partial charge is 0.369 e. The van der Waals surface area contributed by atoms with Crippen LogP contribution in [0.2, 0.25) is 5.02 Å². The molecule has 2 rings (SSSR count). The maximum absolute atomic E-state index is 6.03. The quantitative estimate of drug-likeness (QED) is 0.815. The van der Waals surface area contributed by atoms with Crippen LogP contribution in [0.1, 0.15) is 20.3 Å². The number of hydrogen-bond acceptors (Lipinski definition) is 2. The molecule has 1 aliphatic heterocycles. The van der Waals surface area contributed by atoms with Gasteiger partial charge in [-0.05, 0) is 31.5 Å². The van der Waals surface area contributed by atoms with Gasteiger partial charge in [-0.2, -0.15) is 0 Å². The van der Waals surface area contributed by atoms with Gasteiger partial charge in [-0.15, -0.1) is 0 Å². The topological polar surface area (TPSA) is 6.48 Å². The molecular weight excluding hydrogens is 232 g/mol. The molecule has 0 aliphatic carbocycles. The molecule has 1 aliphatic rings. The number of nitrogens with zero attached hydrogens (tertiary/aromatic N) is 2. The smallest absolute Gasteiger partial charge is 0.0426 e. The van der Waals surface area contributed by atoms with E-state index in [2.05, 4.69) is 35.8 Å². The van der Waals surface area contributed by atoms with Crippen molar-refractivity contribution in [3.8, 4) is 0 Å². The Labute approximate surface area is 109 Å². The third-order valence-corrected chi connectivity index (χ3v) is 3.94. The van der Waals surface area contributed by atoms with Gasteiger partial charge in [0, 0.05) is 42.9 Å². The van der Waals surface area contributed by atoms with Crippen LogP contribution in [0.4, 0.5) is 5.69 Å². The standard InChI is InChI=1S/C14H21ClN2/c1-3-12(2)16-7-9-17(10-8-16)14-6-4-5-13(15)11-14/h4-6,11-12H,3,7-10H2,1-2H3/t12-/m0/s1. The Hall–Kier alpha value is -0.730. The van der Waals surface area contributed by atoms with E-state index in [0.717, 1.165) is 31.2 Å². The molecule has 0 radical (unpaired) electrons. The lowest BCUT2D eigenvalue weighted by Gasteiger charge is -2.39. The van der Waals surface area contributed by atoms with Crippen molar-refractivity contribution in [2.24, 2.45) is 0 Å². The van der Waals surface area contributed by atoms with Crippen molar-refractivity contribution in [1.29, 1.82) is 0 Å². The molecule has 0 N–H and O–H groups in total. The van der Waals surface area contributed by atoms with Crippen molar-refractivity contribution in [3.05, 3.63) is 29.3 Å². The third kappa shape index (κ3) is 3.14. The number of halogens is 1. The molecule has 1 aromatic rings. The molecule has 1 aromatic carbocycles. The second kappa shape index (κ2) is 5.74. The lowest BCUT2D eigenvalue weighted by atomic mass is 10.2. The highest BCUT2D eigenvalue weighted by atomic mass is 35.5. The number of piperazine rings is 1. The molecule has 2 nitrogen and oxygen atoms in total. The second-order valence-electron chi connectivity index (χ2n) is 4.76. The van der Waals surface area contributed by atoms with Gasteiger partial charge in [0.15, 0.2) is 0 Å². The first-order valence-electron chi connectivity index (χ1n) is 6.45. The molecule has 0 amide bonds. The van der Waals surface area contributed by atoms with Crippen LogP contribution in [0.25, 0.3) is 0 Å². The van der Waals surface area contributed by atoms with Gasteiger partial charge in [0.1, 0.15) is 0 Å². The van der Waals surface area contributed by atoms with Crippen molar-refractivity contribution in [3.63, 3.8) is 0 Å². The van der Waals surface area contributed by atoms with Crippen LogP contribution < -0.4 is 4.90 Å². The molecule has 0 saturated carbocycles. The Morgan fingerprint density at radius 3 is 2.53 bits per heavy atom. The minimum Gasteiger partial charge on any atom is -0.369 e. The zero-order valence-corrected chi connectivity index (χ0v) is 11.5. The van der Waals surface area contributed by atoms with E-state index in [9.17, 15) is 0 Å². The minimum atomic E-state index is 0.705. The van der Waals surface area contributed by atoms with Crippen LogP contribution in [-0.4, -0.2) is 37.1 Å². The Kier molecular flexibility index (Phi) is 4.30. The number of rotatable bonds is 3. The fraction of sp³-hybridized carbons (Fsp3) is 0.571. The highest BCUT2D eigenvalue weighted by Crippen LogP contribution is 2.21. The average molecular weight is 253 g/mol. The number of anilines is 1. The second-order valence-corrected chi connectivity index (χ2v) is 5.20. The molecule has 3 heteroatoms. The monoisotopic (exact) mass is 252 g/mol. The van der Waals surface area contributed by atoms with Crippen LogP contribution in [0, 0.1) is 0 Å². The van der Waals surface area contributed by atoms with E-state index < -0.39 is 0 Å². The van der Waals surface area contributed by atoms with E-state index >= 15 is 0 Å². The van der Waals surface area contributed by atoms with Gasteiger partial charge in [0.25, 0.3) is 0 Å². The summed E-state index contributed by atoms with van der Waals surface area (Å²) in [6, 6.07) is 8.86. The molecule has 0 aromatic heterocycles. The van der Waals surface area contributed by atoms with Crippen molar-refractivity contribution in [1.82, 2.24) is 4.90 Å². The van der Waals surface area contributed by atoms with Crippen LogP contribution in [0.15, 0.2) is 24.3 Å². The molecule has 1 fully saturated rings. The zero-order chi connectivity index (χ0) is 12.3. The van der Waals surface area contributed by atoms with Gasteiger partial charge in [0.2, 0.25) is 0 Å². The Balaban J connectivity index is 1.95. The molecule has 0 spiro atoms. The highest BCUT2D eigenvalue weighted by molar-refractivity contribution is 6.30. The molecule has 1 heterocycles. The minimum absolute atomic E-state index is 0.705. The first-order valence-corrected chi connectivity index (χ1v) is 6.83. The van der Waals surface area contributed by atoms with Crippen molar-refractivity contribution in [2.45, 2.75) is 26.3 Å². The maximum atomic E-state index is 6.03. The first-order chi connectivity index (χ1) is 8.20. The van der Waals surface area contributed by atoms with E-state index in [0.29, 0.717) is 6.04 Å². The maximum Gasteiger partial charge on any atom is 0.0426 e. The van der Waals surface area contributed by atoms with Gasteiger partial charge in [-0.1, -0.05) is 24.6 Å².